The molecule has 86 valence electrons. The van der Waals surface area contributed by atoms with Crippen molar-refractivity contribution in [2.75, 3.05) is 13.2 Å². The van der Waals surface area contributed by atoms with Crippen LogP contribution in [0.1, 0.15) is 25.0 Å². The Bertz CT molecular complexity index is 377. The second-order valence-electron chi connectivity index (χ2n) is 4.60. The Kier molecular flexibility index (Phi) is 2.70. The van der Waals surface area contributed by atoms with Crippen LogP contribution in [0.2, 0.25) is 0 Å². The molecule has 0 radical (unpaired) electrons. The van der Waals surface area contributed by atoms with E-state index in [1.54, 1.807) is 0 Å². The molecule has 1 atom stereocenters. The number of rotatable bonds is 4. The standard InChI is InChI=1S/C11H16N4O/c1-2-10(1)12-5-11-7-15(14-13-11)6-9-3-4-16-8-9/h5,7,9-10H,1-4,6,8H2. The minimum atomic E-state index is 0.549. The highest BCUT2D eigenvalue weighted by Crippen LogP contribution is 2.23. The summed E-state index contributed by atoms with van der Waals surface area (Å²) in [6.45, 7) is 2.64. The van der Waals surface area contributed by atoms with Gasteiger partial charge in [-0.25, -0.2) is 0 Å². The van der Waals surface area contributed by atoms with Crippen molar-refractivity contribution < 1.29 is 4.74 Å². The SMILES string of the molecule is C(=NC1CC1)c1cn(CC2CCOC2)nn1. The number of hydrogen-bond donors (Lipinski definition) is 0. The van der Waals surface area contributed by atoms with Crippen LogP contribution in [0.5, 0.6) is 0 Å². The second-order valence-corrected chi connectivity index (χ2v) is 4.60. The lowest BCUT2D eigenvalue weighted by Gasteiger charge is -2.05. The first-order valence-electron chi connectivity index (χ1n) is 5.91. The fourth-order valence-corrected chi connectivity index (χ4v) is 1.86. The van der Waals surface area contributed by atoms with E-state index in [1.165, 1.54) is 12.8 Å². The molecule has 5 nitrogen and oxygen atoms in total. The van der Waals surface area contributed by atoms with Crippen molar-refractivity contribution in [3.63, 3.8) is 0 Å². The highest BCUT2D eigenvalue weighted by Gasteiger charge is 2.19. The van der Waals surface area contributed by atoms with E-state index in [4.69, 9.17) is 4.74 Å². The van der Waals surface area contributed by atoms with Gasteiger partial charge in [-0.1, -0.05) is 5.21 Å². The molecule has 1 aromatic rings. The summed E-state index contributed by atoms with van der Waals surface area (Å²) in [5.74, 6) is 0.593. The Morgan fingerprint density at radius 1 is 1.50 bits per heavy atom. The summed E-state index contributed by atoms with van der Waals surface area (Å²) in [5.41, 5.74) is 0.866. The van der Waals surface area contributed by atoms with Gasteiger partial charge >= 0.3 is 0 Å². The minimum Gasteiger partial charge on any atom is -0.381 e. The summed E-state index contributed by atoms with van der Waals surface area (Å²) in [6.07, 6.45) is 7.38. The predicted molar refractivity (Wildman–Crippen MR) is 59.6 cm³/mol. The van der Waals surface area contributed by atoms with Crippen LogP contribution < -0.4 is 0 Å². The third kappa shape index (κ3) is 2.47. The molecule has 1 unspecified atom stereocenters. The van der Waals surface area contributed by atoms with Crippen LogP contribution >= 0.6 is 0 Å². The number of hydrogen-bond acceptors (Lipinski definition) is 4. The number of aliphatic imine (C=N–C) groups is 1. The van der Waals surface area contributed by atoms with Crippen LogP contribution in [-0.2, 0) is 11.3 Å². The van der Waals surface area contributed by atoms with Gasteiger partial charge in [-0.15, -0.1) is 5.10 Å². The lowest BCUT2D eigenvalue weighted by Crippen LogP contribution is -2.11. The van der Waals surface area contributed by atoms with E-state index in [-0.39, 0.29) is 0 Å². The van der Waals surface area contributed by atoms with Crippen LogP contribution in [0, 0.1) is 5.92 Å². The van der Waals surface area contributed by atoms with Gasteiger partial charge in [-0.2, -0.15) is 0 Å². The maximum Gasteiger partial charge on any atom is 0.123 e. The lowest BCUT2D eigenvalue weighted by molar-refractivity contribution is 0.181. The first-order chi connectivity index (χ1) is 7.90. The summed E-state index contributed by atoms with van der Waals surface area (Å²) < 4.78 is 7.23. The molecule has 1 aliphatic heterocycles. The molecule has 2 aliphatic rings. The van der Waals surface area contributed by atoms with Gasteiger partial charge < -0.3 is 4.74 Å². The van der Waals surface area contributed by atoms with Gasteiger partial charge in [-0.05, 0) is 19.3 Å². The van der Waals surface area contributed by atoms with Gasteiger partial charge in [-0.3, -0.25) is 9.67 Å². The van der Waals surface area contributed by atoms with Crippen LogP contribution in [-0.4, -0.2) is 40.5 Å². The molecule has 1 aliphatic carbocycles. The molecule has 0 bridgehead atoms. The van der Waals surface area contributed by atoms with Crippen LogP contribution in [0.15, 0.2) is 11.2 Å². The van der Waals surface area contributed by atoms with E-state index in [9.17, 15) is 0 Å². The molecule has 0 amide bonds. The zero-order chi connectivity index (χ0) is 10.8. The van der Waals surface area contributed by atoms with Crippen LogP contribution in [0.3, 0.4) is 0 Å². The van der Waals surface area contributed by atoms with Crippen molar-refractivity contribution in [1.82, 2.24) is 15.0 Å². The third-order valence-corrected chi connectivity index (χ3v) is 2.99. The molecule has 1 saturated carbocycles. The lowest BCUT2D eigenvalue weighted by atomic mass is 10.1. The molecule has 0 N–H and O–H groups in total. The van der Waals surface area contributed by atoms with E-state index < -0.39 is 0 Å². The maximum absolute atomic E-state index is 5.34. The monoisotopic (exact) mass is 220 g/mol. The zero-order valence-corrected chi connectivity index (χ0v) is 9.25. The van der Waals surface area contributed by atoms with Gasteiger partial charge in [0.25, 0.3) is 0 Å². The summed E-state index contributed by atoms with van der Waals surface area (Å²) in [7, 11) is 0. The van der Waals surface area contributed by atoms with Gasteiger partial charge in [0, 0.05) is 19.1 Å². The van der Waals surface area contributed by atoms with Crippen LogP contribution in [0.4, 0.5) is 0 Å². The van der Waals surface area contributed by atoms with Crippen molar-refractivity contribution in [2.45, 2.75) is 31.8 Å². The normalized spacial score (nSPS) is 25.6. The number of nitrogens with zero attached hydrogens (tertiary/aromatic N) is 4. The number of ether oxygens (including phenoxy) is 1. The molecule has 3 rings (SSSR count). The smallest absolute Gasteiger partial charge is 0.123 e. The highest BCUT2D eigenvalue weighted by atomic mass is 16.5. The molecular formula is C11H16N4O. The average Bonchev–Trinajstić information content (AvgIpc) is 2.78. The van der Waals surface area contributed by atoms with Crippen molar-refractivity contribution in [2.24, 2.45) is 10.9 Å². The Hall–Kier alpha value is -1.23. The molecule has 0 spiro atoms. The van der Waals surface area contributed by atoms with Crippen LogP contribution in [0.25, 0.3) is 0 Å². The van der Waals surface area contributed by atoms with E-state index in [0.717, 1.165) is 31.9 Å². The third-order valence-electron chi connectivity index (χ3n) is 2.99. The summed E-state index contributed by atoms with van der Waals surface area (Å²) in [5, 5.41) is 8.18. The minimum absolute atomic E-state index is 0.549. The fourth-order valence-electron chi connectivity index (χ4n) is 1.86. The topological polar surface area (TPSA) is 52.3 Å². The Labute approximate surface area is 94.5 Å². The highest BCUT2D eigenvalue weighted by molar-refractivity contribution is 5.76. The molecule has 0 aromatic carbocycles. The quantitative estimate of drug-likeness (QED) is 0.708. The van der Waals surface area contributed by atoms with E-state index in [1.807, 2.05) is 17.1 Å². The van der Waals surface area contributed by atoms with E-state index in [0.29, 0.717) is 12.0 Å². The summed E-state index contributed by atoms with van der Waals surface area (Å²) >= 11 is 0. The molecule has 16 heavy (non-hydrogen) atoms. The van der Waals surface area contributed by atoms with Crippen molar-refractivity contribution in [3.05, 3.63) is 11.9 Å². The van der Waals surface area contributed by atoms with E-state index in [2.05, 4.69) is 15.3 Å². The number of aromatic nitrogens is 3. The average molecular weight is 220 g/mol. The predicted octanol–water partition coefficient (Wildman–Crippen LogP) is 0.896. The van der Waals surface area contributed by atoms with Gasteiger partial charge in [0.05, 0.1) is 25.1 Å². The summed E-state index contributed by atoms with van der Waals surface area (Å²) in [4.78, 5) is 4.39. The Morgan fingerprint density at radius 3 is 3.19 bits per heavy atom. The largest absolute Gasteiger partial charge is 0.381 e. The Balaban J connectivity index is 1.58. The molecular weight excluding hydrogens is 204 g/mol. The Morgan fingerprint density at radius 2 is 2.44 bits per heavy atom. The molecule has 1 saturated heterocycles. The molecule has 2 heterocycles. The first-order valence-corrected chi connectivity index (χ1v) is 5.91. The maximum atomic E-state index is 5.34. The molecule has 1 aromatic heterocycles. The van der Waals surface area contributed by atoms with Gasteiger partial charge in [0.2, 0.25) is 0 Å². The second kappa shape index (κ2) is 4.33. The fraction of sp³-hybridized carbons (Fsp3) is 0.727. The van der Waals surface area contributed by atoms with Gasteiger partial charge in [0.15, 0.2) is 0 Å². The first kappa shape index (κ1) is 9.96. The molecule has 5 heteroatoms. The van der Waals surface area contributed by atoms with Crippen molar-refractivity contribution >= 4 is 6.21 Å². The summed E-state index contributed by atoms with van der Waals surface area (Å²) in [6, 6.07) is 0.549. The van der Waals surface area contributed by atoms with Gasteiger partial charge in [0.1, 0.15) is 5.69 Å². The molecule has 2 fully saturated rings. The zero-order valence-electron chi connectivity index (χ0n) is 9.25. The van der Waals surface area contributed by atoms with Crippen molar-refractivity contribution in [1.29, 1.82) is 0 Å². The van der Waals surface area contributed by atoms with E-state index >= 15 is 0 Å². The van der Waals surface area contributed by atoms with Crippen molar-refractivity contribution in [3.8, 4) is 0 Å².